The fraction of sp³-hybridized carbons (Fsp3) is 0.941. The first kappa shape index (κ1) is 24.5. The van der Waals surface area contributed by atoms with Gasteiger partial charge in [-0.15, -0.1) is 0 Å². The molecule has 0 bridgehead atoms. The number of aliphatic hydroxyl groups excluding tert-OH is 1. The van der Waals surface area contributed by atoms with Gasteiger partial charge in [0.15, 0.2) is 0 Å². The van der Waals surface area contributed by atoms with Crippen molar-refractivity contribution in [2.75, 3.05) is 13.2 Å². The lowest BCUT2D eigenvalue weighted by Crippen LogP contribution is -2.23. The molecule has 0 aromatic carbocycles. The first-order chi connectivity index (χ1) is 11.8. The van der Waals surface area contributed by atoms with E-state index in [0.29, 0.717) is 6.42 Å². The fourth-order valence-corrected chi connectivity index (χ4v) is 2.79. The molecule has 0 aliphatic carbocycles. The maximum absolute atomic E-state index is 11.5. The average molecular weight is 382 g/mol. The van der Waals surface area contributed by atoms with Gasteiger partial charge in [-0.3, -0.25) is 9.32 Å². The molecule has 3 N–H and O–H groups in total. The summed E-state index contributed by atoms with van der Waals surface area (Å²) in [5, 5.41) is 9.38. The van der Waals surface area contributed by atoms with Gasteiger partial charge in [0.2, 0.25) is 0 Å². The molecule has 0 aliphatic rings. The zero-order chi connectivity index (χ0) is 19.0. The third-order valence-corrected chi connectivity index (χ3v) is 4.34. The second kappa shape index (κ2) is 15.8. The quantitative estimate of drug-likeness (QED) is 0.200. The highest BCUT2D eigenvalue weighted by Gasteiger charge is 2.17. The van der Waals surface area contributed by atoms with E-state index in [4.69, 9.17) is 14.5 Å². The third-order valence-electron chi connectivity index (χ3n) is 3.86. The monoisotopic (exact) mass is 382 g/mol. The van der Waals surface area contributed by atoms with Gasteiger partial charge in [0, 0.05) is 6.42 Å². The first-order valence-corrected chi connectivity index (χ1v) is 10.9. The van der Waals surface area contributed by atoms with Gasteiger partial charge in [-0.05, 0) is 6.42 Å². The number of hydrogen-bond acceptors (Lipinski definition) is 5. The maximum atomic E-state index is 11.5. The van der Waals surface area contributed by atoms with Crippen molar-refractivity contribution in [2.24, 2.45) is 0 Å². The Hall–Kier alpha value is -0.460. The van der Waals surface area contributed by atoms with Crippen LogP contribution in [-0.4, -0.2) is 40.2 Å². The Kier molecular flexibility index (Phi) is 15.5. The molecule has 0 saturated heterocycles. The summed E-state index contributed by atoms with van der Waals surface area (Å²) >= 11 is 0. The Bertz CT molecular complexity index is 370. The second-order valence-electron chi connectivity index (χ2n) is 6.41. The van der Waals surface area contributed by atoms with Crippen molar-refractivity contribution in [3.05, 3.63) is 0 Å². The van der Waals surface area contributed by atoms with Gasteiger partial charge in [-0.25, -0.2) is 4.57 Å². The smallest absolute Gasteiger partial charge is 0.463 e. The van der Waals surface area contributed by atoms with Gasteiger partial charge >= 0.3 is 13.8 Å². The Morgan fingerprint density at radius 1 is 0.880 bits per heavy atom. The molecule has 0 saturated carbocycles. The van der Waals surface area contributed by atoms with E-state index in [1.54, 1.807) is 0 Å². The Morgan fingerprint density at radius 3 is 1.84 bits per heavy atom. The number of phosphoric ester groups is 1. The minimum Gasteiger partial charge on any atom is -0.463 e. The van der Waals surface area contributed by atoms with E-state index in [9.17, 15) is 14.5 Å². The molecule has 7 nitrogen and oxygen atoms in total. The third kappa shape index (κ3) is 19.7. The van der Waals surface area contributed by atoms with Crippen LogP contribution in [0.1, 0.15) is 84.0 Å². The summed E-state index contributed by atoms with van der Waals surface area (Å²) in [7, 11) is -4.61. The number of carbonyl (C=O) groups excluding carboxylic acids is 1. The topological polar surface area (TPSA) is 113 Å². The molecule has 0 aromatic rings. The van der Waals surface area contributed by atoms with Crippen molar-refractivity contribution in [2.45, 2.75) is 90.1 Å². The van der Waals surface area contributed by atoms with Crippen LogP contribution in [0.2, 0.25) is 0 Å². The zero-order valence-electron chi connectivity index (χ0n) is 15.4. The van der Waals surface area contributed by atoms with E-state index < -0.39 is 26.5 Å². The summed E-state index contributed by atoms with van der Waals surface area (Å²) in [5.41, 5.74) is 0. The van der Waals surface area contributed by atoms with Crippen LogP contribution >= 0.6 is 7.82 Å². The van der Waals surface area contributed by atoms with Gasteiger partial charge in [0.05, 0.1) is 6.61 Å². The van der Waals surface area contributed by atoms with Crippen LogP contribution in [0.15, 0.2) is 0 Å². The van der Waals surface area contributed by atoms with E-state index in [2.05, 4.69) is 11.4 Å². The molecule has 0 radical (unpaired) electrons. The number of carbonyl (C=O) groups is 1. The number of ether oxygens (including phenoxy) is 1. The normalized spacial score (nSPS) is 13.0. The molecule has 8 heteroatoms. The maximum Gasteiger partial charge on any atom is 0.469 e. The number of esters is 1. The summed E-state index contributed by atoms with van der Waals surface area (Å²) < 4.78 is 19.4. The van der Waals surface area contributed by atoms with Crippen molar-refractivity contribution in [3.8, 4) is 0 Å². The molecule has 0 unspecified atom stereocenters. The van der Waals surface area contributed by atoms with Gasteiger partial charge in [0.25, 0.3) is 0 Å². The van der Waals surface area contributed by atoms with Crippen LogP contribution in [-0.2, 0) is 18.6 Å². The Balaban J connectivity index is 3.37. The standard InChI is InChI=1S/C17H35O7P/c1-2-3-4-5-6-7-8-9-10-11-12-13-17(19)23-14-16(18)15-24-25(20,21)22/h16,18H,2-15H2,1H3,(H2,20,21,22)/t16-/m0/s1. The lowest BCUT2D eigenvalue weighted by molar-refractivity contribution is -0.147. The predicted octanol–water partition coefficient (Wildman–Crippen LogP) is 3.70. The van der Waals surface area contributed by atoms with Crippen LogP contribution in [0.3, 0.4) is 0 Å². The lowest BCUT2D eigenvalue weighted by atomic mass is 10.1. The van der Waals surface area contributed by atoms with Crippen LogP contribution < -0.4 is 0 Å². The van der Waals surface area contributed by atoms with Gasteiger partial charge in [0.1, 0.15) is 12.7 Å². The molecule has 0 aromatic heterocycles. The zero-order valence-corrected chi connectivity index (χ0v) is 16.3. The largest absolute Gasteiger partial charge is 0.469 e. The average Bonchev–Trinajstić information content (AvgIpc) is 2.55. The highest BCUT2D eigenvalue weighted by atomic mass is 31.2. The second-order valence-corrected chi connectivity index (χ2v) is 7.65. The van der Waals surface area contributed by atoms with E-state index in [1.165, 1.54) is 51.4 Å². The minimum absolute atomic E-state index is 0.295. The number of unbranched alkanes of at least 4 members (excludes halogenated alkanes) is 10. The molecular weight excluding hydrogens is 347 g/mol. The molecule has 0 heterocycles. The first-order valence-electron chi connectivity index (χ1n) is 9.39. The summed E-state index contributed by atoms with van der Waals surface area (Å²) in [4.78, 5) is 28.4. The molecular formula is C17H35O7P. The van der Waals surface area contributed by atoms with Crippen molar-refractivity contribution in [1.82, 2.24) is 0 Å². The molecule has 0 rings (SSSR count). The van der Waals surface area contributed by atoms with Crippen LogP contribution in [0, 0.1) is 0 Å². The fourth-order valence-electron chi connectivity index (χ4n) is 2.43. The highest BCUT2D eigenvalue weighted by Crippen LogP contribution is 2.35. The highest BCUT2D eigenvalue weighted by molar-refractivity contribution is 7.46. The van der Waals surface area contributed by atoms with Crippen molar-refractivity contribution in [3.63, 3.8) is 0 Å². The van der Waals surface area contributed by atoms with Crippen LogP contribution in [0.5, 0.6) is 0 Å². The van der Waals surface area contributed by atoms with Crippen LogP contribution in [0.25, 0.3) is 0 Å². The number of hydrogen-bond donors (Lipinski definition) is 3. The molecule has 25 heavy (non-hydrogen) atoms. The Labute approximate surface area is 151 Å². The number of phosphoric acid groups is 1. The van der Waals surface area contributed by atoms with Gasteiger partial charge in [-0.1, -0.05) is 71.1 Å². The SMILES string of the molecule is CCCCCCCCCCCCCC(=O)OC[C@H](O)COP(=O)(O)O. The van der Waals surface area contributed by atoms with E-state index in [1.807, 2.05) is 0 Å². The number of rotatable bonds is 17. The molecule has 0 amide bonds. The van der Waals surface area contributed by atoms with Crippen molar-refractivity contribution in [1.29, 1.82) is 0 Å². The summed E-state index contributed by atoms with van der Waals surface area (Å²) in [5.74, 6) is -0.411. The summed E-state index contributed by atoms with van der Waals surface area (Å²) in [6, 6.07) is 0. The predicted molar refractivity (Wildman–Crippen MR) is 96.0 cm³/mol. The Morgan fingerprint density at radius 2 is 1.36 bits per heavy atom. The molecule has 0 spiro atoms. The van der Waals surface area contributed by atoms with Gasteiger partial charge in [-0.2, -0.15) is 0 Å². The molecule has 0 aliphatic heterocycles. The van der Waals surface area contributed by atoms with Crippen molar-refractivity contribution < 1.29 is 33.5 Å². The number of aliphatic hydroxyl groups is 1. The van der Waals surface area contributed by atoms with Crippen LogP contribution in [0.4, 0.5) is 0 Å². The molecule has 0 fully saturated rings. The van der Waals surface area contributed by atoms with E-state index in [-0.39, 0.29) is 6.61 Å². The van der Waals surface area contributed by atoms with Gasteiger partial charge < -0.3 is 19.6 Å². The summed E-state index contributed by atoms with van der Waals surface area (Å²) in [6.07, 6.45) is 12.3. The lowest BCUT2D eigenvalue weighted by Gasteiger charge is -2.12. The molecule has 1 atom stereocenters. The van der Waals surface area contributed by atoms with E-state index >= 15 is 0 Å². The van der Waals surface area contributed by atoms with Crippen molar-refractivity contribution >= 4 is 13.8 Å². The molecule has 150 valence electrons. The van der Waals surface area contributed by atoms with E-state index in [0.717, 1.165) is 19.3 Å². The minimum atomic E-state index is -4.61. The summed E-state index contributed by atoms with van der Waals surface area (Å²) in [6.45, 7) is 1.33.